The van der Waals surface area contributed by atoms with Crippen LogP contribution < -0.4 is 10.4 Å². The quantitative estimate of drug-likeness (QED) is 0.716. The number of hydrogen-bond donors (Lipinski definition) is 0. The number of nitrogens with zero attached hydrogens (tertiary/aromatic N) is 1. The second kappa shape index (κ2) is 8.12. The normalized spacial score (nSPS) is 13.7. The summed E-state index contributed by atoms with van der Waals surface area (Å²) in [5, 5.41) is 12.6. The van der Waals surface area contributed by atoms with Crippen LogP contribution in [-0.2, 0) is 0 Å². The summed E-state index contributed by atoms with van der Waals surface area (Å²) in [6.07, 6.45) is 1.21. The standard InChI is InChI=1S/C19H25NSi2/c1-19(2,15-20)18(22-17-11-7-4-8-12-17)13-14-21-16-9-5-3-6-10-16/h3-12,18H,13-14,21-22H2,1-2H3. The molecule has 1 atom stereocenters. The molecule has 0 aliphatic carbocycles. The highest BCUT2D eigenvalue weighted by molar-refractivity contribution is 6.56. The van der Waals surface area contributed by atoms with E-state index in [0.29, 0.717) is 5.54 Å². The predicted octanol–water partition coefficient (Wildman–Crippen LogP) is 2.12. The highest BCUT2D eigenvalue weighted by Crippen LogP contribution is 2.34. The maximum Gasteiger partial charge on any atom is 0.0683 e. The van der Waals surface area contributed by atoms with Crippen molar-refractivity contribution in [3.8, 4) is 6.07 Å². The van der Waals surface area contributed by atoms with Gasteiger partial charge in [0.25, 0.3) is 0 Å². The van der Waals surface area contributed by atoms with Crippen LogP contribution in [0.5, 0.6) is 0 Å². The lowest BCUT2D eigenvalue weighted by molar-refractivity contribution is 0.443. The Morgan fingerprint density at radius 3 is 2.05 bits per heavy atom. The zero-order valence-corrected chi connectivity index (χ0v) is 16.5. The summed E-state index contributed by atoms with van der Waals surface area (Å²) < 4.78 is 0. The fourth-order valence-electron chi connectivity index (χ4n) is 2.91. The van der Waals surface area contributed by atoms with Gasteiger partial charge >= 0.3 is 0 Å². The summed E-state index contributed by atoms with van der Waals surface area (Å²) in [6.45, 7) is 4.25. The molecule has 2 rings (SSSR count). The van der Waals surface area contributed by atoms with E-state index < -0.39 is 9.52 Å². The van der Waals surface area contributed by atoms with Gasteiger partial charge in [-0.1, -0.05) is 83.5 Å². The maximum absolute atomic E-state index is 9.54. The van der Waals surface area contributed by atoms with Gasteiger partial charge < -0.3 is 0 Å². The zero-order valence-electron chi connectivity index (χ0n) is 13.6. The molecule has 1 nitrogen and oxygen atoms in total. The molecule has 0 heterocycles. The van der Waals surface area contributed by atoms with Crippen LogP contribution in [0.3, 0.4) is 0 Å². The van der Waals surface area contributed by atoms with Crippen molar-refractivity contribution >= 4 is 29.4 Å². The first-order valence-corrected chi connectivity index (χ1v) is 11.3. The van der Waals surface area contributed by atoms with Gasteiger partial charge in [0.1, 0.15) is 0 Å². The smallest absolute Gasteiger partial charge is 0.0683 e. The first-order chi connectivity index (χ1) is 10.6. The van der Waals surface area contributed by atoms with E-state index in [1.807, 2.05) is 0 Å². The van der Waals surface area contributed by atoms with Crippen molar-refractivity contribution in [2.75, 3.05) is 0 Å². The van der Waals surface area contributed by atoms with Gasteiger partial charge in [-0.3, -0.25) is 0 Å². The SMILES string of the molecule is CC(C)(C#N)C(CC[SiH2]c1ccccc1)[SiH2]c1ccccc1. The Kier molecular flexibility index (Phi) is 6.17. The van der Waals surface area contributed by atoms with Crippen LogP contribution in [0.25, 0.3) is 0 Å². The third kappa shape index (κ3) is 4.97. The van der Waals surface area contributed by atoms with Crippen LogP contribution in [0.4, 0.5) is 0 Å². The molecule has 0 spiro atoms. The first kappa shape index (κ1) is 16.7. The molecule has 22 heavy (non-hydrogen) atoms. The van der Waals surface area contributed by atoms with E-state index in [9.17, 15) is 5.26 Å². The molecule has 0 aliphatic rings. The van der Waals surface area contributed by atoms with Gasteiger partial charge in [-0.05, 0) is 19.4 Å². The molecule has 0 fully saturated rings. The van der Waals surface area contributed by atoms with E-state index in [1.54, 1.807) is 0 Å². The van der Waals surface area contributed by atoms with Crippen molar-refractivity contribution < 1.29 is 0 Å². The highest BCUT2D eigenvalue weighted by atomic mass is 28.2. The average molecular weight is 324 g/mol. The third-order valence-corrected chi connectivity index (χ3v) is 9.17. The summed E-state index contributed by atoms with van der Waals surface area (Å²) >= 11 is 0. The Hall–Kier alpha value is -1.64. The van der Waals surface area contributed by atoms with Crippen LogP contribution in [0.1, 0.15) is 20.3 Å². The molecule has 0 saturated heterocycles. The van der Waals surface area contributed by atoms with E-state index in [1.165, 1.54) is 22.8 Å². The maximum atomic E-state index is 9.54. The highest BCUT2D eigenvalue weighted by Gasteiger charge is 2.29. The Labute approximate surface area is 139 Å². The summed E-state index contributed by atoms with van der Waals surface area (Å²) in [6, 6.07) is 25.5. The van der Waals surface area contributed by atoms with E-state index in [-0.39, 0.29) is 14.9 Å². The van der Waals surface area contributed by atoms with Gasteiger partial charge in [-0.15, -0.1) is 0 Å². The van der Waals surface area contributed by atoms with Crippen molar-refractivity contribution in [2.45, 2.75) is 31.9 Å². The minimum atomic E-state index is -0.413. The summed E-state index contributed by atoms with van der Waals surface area (Å²) in [4.78, 5) is 0. The molecule has 0 radical (unpaired) electrons. The average Bonchev–Trinajstić information content (AvgIpc) is 2.56. The van der Waals surface area contributed by atoms with Gasteiger partial charge in [0, 0.05) is 0 Å². The van der Waals surface area contributed by atoms with E-state index in [0.717, 1.165) is 0 Å². The number of nitriles is 1. The number of hydrogen-bond acceptors (Lipinski definition) is 1. The lowest BCUT2D eigenvalue weighted by atomic mass is 9.89. The Bertz CT molecular complexity index is 602. The van der Waals surface area contributed by atoms with E-state index in [2.05, 4.69) is 80.6 Å². The van der Waals surface area contributed by atoms with Crippen LogP contribution in [0.2, 0.25) is 11.6 Å². The van der Waals surface area contributed by atoms with Gasteiger partial charge in [-0.25, -0.2) is 0 Å². The van der Waals surface area contributed by atoms with Crippen molar-refractivity contribution in [3.63, 3.8) is 0 Å². The topological polar surface area (TPSA) is 23.8 Å². The second-order valence-electron chi connectivity index (χ2n) is 6.60. The van der Waals surface area contributed by atoms with Crippen molar-refractivity contribution in [1.29, 1.82) is 5.26 Å². The largest absolute Gasteiger partial charge is 0.198 e. The lowest BCUT2D eigenvalue weighted by Gasteiger charge is -2.28. The van der Waals surface area contributed by atoms with Crippen LogP contribution >= 0.6 is 0 Å². The van der Waals surface area contributed by atoms with Gasteiger partial charge in [0.2, 0.25) is 0 Å². The third-order valence-electron chi connectivity index (χ3n) is 4.49. The molecule has 2 aromatic carbocycles. The van der Waals surface area contributed by atoms with E-state index >= 15 is 0 Å². The Balaban J connectivity index is 1.98. The molecular formula is C19H25NSi2. The minimum absolute atomic E-state index is 0.196. The molecular weight excluding hydrogens is 298 g/mol. The van der Waals surface area contributed by atoms with Crippen molar-refractivity contribution in [3.05, 3.63) is 60.7 Å². The predicted molar refractivity (Wildman–Crippen MR) is 102 cm³/mol. The van der Waals surface area contributed by atoms with Gasteiger partial charge in [0.05, 0.1) is 30.5 Å². The van der Waals surface area contributed by atoms with Gasteiger partial charge in [-0.2, -0.15) is 5.26 Å². The molecule has 0 N–H and O–H groups in total. The van der Waals surface area contributed by atoms with Crippen LogP contribution in [-0.4, -0.2) is 19.0 Å². The molecule has 1 unspecified atom stereocenters. The zero-order chi connectivity index (χ0) is 15.8. The van der Waals surface area contributed by atoms with Crippen molar-refractivity contribution in [2.24, 2.45) is 5.41 Å². The summed E-state index contributed by atoms with van der Waals surface area (Å²) in [7, 11) is -0.609. The molecule has 0 aromatic heterocycles. The lowest BCUT2D eigenvalue weighted by Crippen LogP contribution is -2.30. The first-order valence-electron chi connectivity index (χ1n) is 8.11. The molecule has 0 amide bonds. The van der Waals surface area contributed by atoms with Gasteiger partial charge in [0.15, 0.2) is 0 Å². The van der Waals surface area contributed by atoms with E-state index in [4.69, 9.17) is 0 Å². The fraction of sp³-hybridized carbons (Fsp3) is 0.316. The number of benzene rings is 2. The molecule has 0 saturated carbocycles. The molecule has 3 heteroatoms. The fourth-order valence-corrected chi connectivity index (χ4v) is 7.40. The Morgan fingerprint density at radius 1 is 0.955 bits per heavy atom. The number of rotatable bonds is 7. The molecule has 114 valence electrons. The van der Waals surface area contributed by atoms with Crippen LogP contribution in [0.15, 0.2) is 60.7 Å². The molecule has 0 bridgehead atoms. The summed E-state index contributed by atoms with van der Waals surface area (Å²) in [5.74, 6) is 0. The second-order valence-corrected chi connectivity index (χ2v) is 10.8. The molecule has 2 aromatic rings. The Morgan fingerprint density at radius 2 is 1.50 bits per heavy atom. The summed E-state index contributed by atoms with van der Waals surface area (Å²) in [5.41, 5.74) is 0.365. The monoisotopic (exact) mass is 323 g/mol. The molecule has 0 aliphatic heterocycles. The minimum Gasteiger partial charge on any atom is -0.198 e. The van der Waals surface area contributed by atoms with Crippen LogP contribution in [0, 0.1) is 16.7 Å². The van der Waals surface area contributed by atoms with Crippen molar-refractivity contribution in [1.82, 2.24) is 0 Å².